The first-order chi connectivity index (χ1) is 15.2. The number of hydrogen-bond acceptors (Lipinski definition) is 7. The van der Waals surface area contributed by atoms with Gasteiger partial charge in [0, 0.05) is 29.0 Å². The monoisotopic (exact) mass is 470 g/mol. The lowest BCUT2D eigenvalue weighted by molar-refractivity contribution is 0.103. The standard InChI is InChI=1S/C21H19ClN6O3S/c1-12(2)28-10-17(18-20(23)25-11-26-21(18)28)19(29)13-6-15(9-24-8-13)27-32(30,31)16-5-3-4-14(22)7-16/h3-12,27H,1-2H3,(H2,23,25,26). The van der Waals surface area contributed by atoms with E-state index < -0.39 is 10.0 Å². The molecule has 3 N–H and O–H groups in total. The van der Waals surface area contributed by atoms with Crippen molar-refractivity contribution in [2.75, 3.05) is 10.5 Å². The van der Waals surface area contributed by atoms with E-state index in [4.69, 9.17) is 17.3 Å². The molecule has 0 spiro atoms. The molecule has 0 aliphatic carbocycles. The second kappa shape index (κ2) is 8.21. The maximum absolute atomic E-state index is 13.3. The second-order valence-corrected chi connectivity index (χ2v) is 9.47. The number of halogens is 1. The molecular formula is C21H19ClN6O3S. The van der Waals surface area contributed by atoms with E-state index in [1.54, 1.807) is 12.3 Å². The lowest BCUT2D eigenvalue weighted by atomic mass is 10.1. The highest BCUT2D eigenvalue weighted by atomic mass is 35.5. The maximum atomic E-state index is 13.3. The van der Waals surface area contributed by atoms with Gasteiger partial charge in [0.05, 0.1) is 27.7 Å². The number of pyridine rings is 1. The van der Waals surface area contributed by atoms with Crippen LogP contribution in [-0.4, -0.2) is 33.7 Å². The summed E-state index contributed by atoms with van der Waals surface area (Å²) in [6, 6.07) is 7.30. The van der Waals surface area contributed by atoms with Crippen molar-refractivity contribution >= 4 is 49.9 Å². The van der Waals surface area contributed by atoms with Gasteiger partial charge < -0.3 is 10.3 Å². The summed E-state index contributed by atoms with van der Waals surface area (Å²) in [5.74, 6) is -0.198. The van der Waals surface area contributed by atoms with Crippen molar-refractivity contribution in [2.45, 2.75) is 24.8 Å². The molecule has 3 heterocycles. The van der Waals surface area contributed by atoms with Crippen molar-refractivity contribution < 1.29 is 13.2 Å². The van der Waals surface area contributed by atoms with Gasteiger partial charge in [-0.25, -0.2) is 18.4 Å². The van der Waals surface area contributed by atoms with Gasteiger partial charge in [0.15, 0.2) is 5.78 Å². The predicted octanol–water partition coefficient (Wildman–Crippen LogP) is 3.67. The number of hydrogen-bond donors (Lipinski definition) is 2. The Hall–Kier alpha value is -3.50. The fraction of sp³-hybridized carbons (Fsp3) is 0.143. The molecular weight excluding hydrogens is 452 g/mol. The summed E-state index contributed by atoms with van der Waals surface area (Å²) in [5.41, 5.74) is 7.21. The van der Waals surface area contributed by atoms with Crippen molar-refractivity contribution in [1.82, 2.24) is 19.5 Å². The van der Waals surface area contributed by atoms with E-state index in [0.29, 0.717) is 16.6 Å². The van der Waals surface area contributed by atoms with Crippen molar-refractivity contribution in [2.24, 2.45) is 0 Å². The molecule has 0 amide bonds. The molecule has 4 rings (SSSR count). The molecule has 0 saturated carbocycles. The average molecular weight is 471 g/mol. The molecule has 0 aliphatic rings. The highest BCUT2D eigenvalue weighted by Crippen LogP contribution is 2.29. The van der Waals surface area contributed by atoms with Crippen LogP contribution in [0.15, 0.2) is 60.1 Å². The Balaban J connectivity index is 1.72. The van der Waals surface area contributed by atoms with E-state index in [2.05, 4.69) is 19.7 Å². The topological polar surface area (TPSA) is 133 Å². The summed E-state index contributed by atoms with van der Waals surface area (Å²) in [6.45, 7) is 3.91. The number of rotatable bonds is 6. The Labute approximate surface area is 189 Å². The highest BCUT2D eigenvalue weighted by molar-refractivity contribution is 7.92. The zero-order chi connectivity index (χ0) is 23.0. The smallest absolute Gasteiger partial charge is 0.261 e. The lowest BCUT2D eigenvalue weighted by Crippen LogP contribution is -2.14. The molecule has 0 fully saturated rings. The summed E-state index contributed by atoms with van der Waals surface area (Å²) < 4.78 is 29.6. The van der Waals surface area contributed by atoms with E-state index in [1.807, 2.05) is 18.4 Å². The van der Waals surface area contributed by atoms with E-state index >= 15 is 0 Å². The number of carbonyl (C=O) groups excluding carboxylic acids is 1. The number of nitrogen functional groups attached to an aromatic ring is 1. The van der Waals surface area contributed by atoms with Gasteiger partial charge in [0.1, 0.15) is 17.8 Å². The van der Waals surface area contributed by atoms with Crippen LogP contribution < -0.4 is 10.5 Å². The number of nitrogens with two attached hydrogens (primary N) is 1. The molecule has 0 bridgehead atoms. The minimum Gasteiger partial charge on any atom is -0.383 e. The summed E-state index contributed by atoms with van der Waals surface area (Å²) in [6.07, 6.45) is 5.69. The number of anilines is 2. The minimum atomic E-state index is -3.92. The molecule has 9 nitrogen and oxygen atoms in total. The third-order valence-corrected chi connectivity index (χ3v) is 6.41. The van der Waals surface area contributed by atoms with E-state index in [9.17, 15) is 13.2 Å². The van der Waals surface area contributed by atoms with Gasteiger partial charge in [-0.05, 0) is 38.1 Å². The number of benzene rings is 1. The van der Waals surface area contributed by atoms with Crippen LogP contribution in [0.25, 0.3) is 11.0 Å². The Bertz CT molecular complexity index is 1450. The zero-order valence-corrected chi connectivity index (χ0v) is 18.7. The number of carbonyl (C=O) groups is 1. The van der Waals surface area contributed by atoms with Gasteiger partial charge in [-0.1, -0.05) is 17.7 Å². The third kappa shape index (κ3) is 4.02. The number of fused-ring (bicyclic) bond motifs is 1. The van der Waals surface area contributed by atoms with Crippen molar-refractivity contribution in [3.63, 3.8) is 0 Å². The van der Waals surface area contributed by atoms with E-state index in [0.717, 1.165) is 0 Å². The van der Waals surface area contributed by atoms with Crippen molar-refractivity contribution in [3.8, 4) is 0 Å². The number of ketones is 1. The molecule has 4 aromatic rings. The zero-order valence-electron chi connectivity index (χ0n) is 17.2. The van der Waals surface area contributed by atoms with Crippen LogP contribution in [0.2, 0.25) is 5.02 Å². The Morgan fingerprint density at radius 2 is 1.97 bits per heavy atom. The molecule has 0 radical (unpaired) electrons. The molecule has 0 unspecified atom stereocenters. The van der Waals surface area contributed by atoms with Crippen LogP contribution in [0, 0.1) is 0 Å². The van der Waals surface area contributed by atoms with Gasteiger partial charge in [-0.15, -0.1) is 0 Å². The highest BCUT2D eigenvalue weighted by Gasteiger charge is 2.22. The van der Waals surface area contributed by atoms with Gasteiger partial charge >= 0.3 is 0 Å². The Morgan fingerprint density at radius 1 is 1.19 bits per heavy atom. The normalized spacial score (nSPS) is 11.8. The number of aromatic nitrogens is 4. The lowest BCUT2D eigenvalue weighted by Gasteiger charge is -2.09. The SMILES string of the molecule is CC(C)n1cc(C(=O)c2cncc(NS(=O)(=O)c3cccc(Cl)c3)c2)c2c(N)ncnc21. The van der Waals surface area contributed by atoms with Crippen LogP contribution in [0.3, 0.4) is 0 Å². The van der Waals surface area contributed by atoms with E-state index in [-0.39, 0.29) is 38.8 Å². The van der Waals surface area contributed by atoms with Crippen LogP contribution in [0.4, 0.5) is 11.5 Å². The van der Waals surface area contributed by atoms with Crippen molar-refractivity contribution in [1.29, 1.82) is 0 Å². The summed E-state index contributed by atoms with van der Waals surface area (Å²) >= 11 is 5.90. The van der Waals surface area contributed by atoms with Gasteiger partial charge in [0.2, 0.25) is 0 Å². The minimum absolute atomic E-state index is 0.00773. The molecule has 11 heteroatoms. The van der Waals surface area contributed by atoms with Crippen LogP contribution in [0.5, 0.6) is 0 Å². The second-order valence-electron chi connectivity index (χ2n) is 7.36. The van der Waals surface area contributed by atoms with E-state index in [1.165, 1.54) is 43.0 Å². The molecule has 0 saturated heterocycles. The molecule has 0 atom stereocenters. The van der Waals surface area contributed by atoms with Crippen LogP contribution >= 0.6 is 11.6 Å². The fourth-order valence-electron chi connectivity index (χ4n) is 3.30. The van der Waals surface area contributed by atoms with Gasteiger partial charge in [0.25, 0.3) is 10.0 Å². The largest absolute Gasteiger partial charge is 0.383 e. The number of nitrogens with zero attached hydrogens (tertiary/aromatic N) is 4. The predicted molar refractivity (Wildman–Crippen MR) is 122 cm³/mol. The summed E-state index contributed by atoms with van der Waals surface area (Å²) in [5, 5.41) is 0.729. The first kappa shape index (κ1) is 21.7. The third-order valence-electron chi connectivity index (χ3n) is 4.80. The average Bonchev–Trinajstić information content (AvgIpc) is 3.14. The Kier molecular flexibility index (Phi) is 5.57. The first-order valence-corrected chi connectivity index (χ1v) is 11.4. The molecule has 164 valence electrons. The molecule has 3 aromatic heterocycles. The van der Waals surface area contributed by atoms with Gasteiger partial charge in [-0.3, -0.25) is 14.5 Å². The van der Waals surface area contributed by atoms with Crippen LogP contribution in [0.1, 0.15) is 35.8 Å². The first-order valence-electron chi connectivity index (χ1n) is 9.56. The summed E-state index contributed by atoms with van der Waals surface area (Å²) in [4.78, 5) is 25.6. The number of sulfonamides is 1. The Morgan fingerprint density at radius 3 is 2.69 bits per heavy atom. The summed E-state index contributed by atoms with van der Waals surface area (Å²) in [7, 11) is -3.92. The molecule has 0 aliphatic heterocycles. The van der Waals surface area contributed by atoms with Crippen molar-refractivity contribution in [3.05, 3.63) is 71.4 Å². The number of nitrogens with one attached hydrogen (secondary N) is 1. The molecule has 1 aromatic carbocycles. The quantitative estimate of drug-likeness (QED) is 0.410. The van der Waals surface area contributed by atoms with Gasteiger partial charge in [-0.2, -0.15) is 0 Å². The fourth-order valence-corrected chi connectivity index (χ4v) is 4.63. The molecule has 32 heavy (non-hydrogen) atoms. The van der Waals surface area contributed by atoms with Crippen LogP contribution in [-0.2, 0) is 10.0 Å². The maximum Gasteiger partial charge on any atom is 0.261 e.